The Labute approximate surface area is 157 Å². The Bertz CT molecular complexity index is 990. The van der Waals surface area contributed by atoms with Crippen LogP contribution in [0.25, 0.3) is 0 Å². The van der Waals surface area contributed by atoms with Gasteiger partial charge in [0, 0.05) is 25.4 Å². The van der Waals surface area contributed by atoms with Crippen molar-refractivity contribution < 1.29 is 22.7 Å². The second kappa shape index (κ2) is 7.36. The van der Waals surface area contributed by atoms with Gasteiger partial charge in [-0.2, -0.15) is 0 Å². The number of amides is 2. The van der Waals surface area contributed by atoms with Crippen molar-refractivity contribution in [2.24, 2.45) is 0 Å². The van der Waals surface area contributed by atoms with E-state index in [1.807, 2.05) is 0 Å². The van der Waals surface area contributed by atoms with Crippen LogP contribution in [0.1, 0.15) is 24.8 Å². The summed E-state index contributed by atoms with van der Waals surface area (Å²) in [6.45, 7) is 1.93. The summed E-state index contributed by atoms with van der Waals surface area (Å²) in [5, 5.41) is 0. The Morgan fingerprint density at radius 1 is 1.30 bits per heavy atom. The number of hydrogen-bond acceptors (Lipinski definition) is 6. The van der Waals surface area contributed by atoms with E-state index in [9.17, 15) is 18.0 Å². The minimum absolute atomic E-state index is 0.0832. The molecule has 1 unspecified atom stereocenters. The number of ether oxygens (including phenoxy) is 1. The van der Waals surface area contributed by atoms with E-state index in [2.05, 4.69) is 9.71 Å². The van der Waals surface area contributed by atoms with Crippen LogP contribution in [0.5, 0.6) is 5.88 Å². The van der Waals surface area contributed by atoms with Crippen LogP contribution in [0.4, 0.5) is 5.69 Å². The molecular formula is C18H19N3O5S. The summed E-state index contributed by atoms with van der Waals surface area (Å²) in [5.41, 5.74) is 1.19. The number of anilines is 1. The number of nitrogens with zero attached hydrogens (tertiary/aromatic N) is 2. The number of aromatic nitrogens is 1. The van der Waals surface area contributed by atoms with E-state index in [0.717, 1.165) is 0 Å². The monoisotopic (exact) mass is 389 g/mol. The first-order chi connectivity index (χ1) is 12.8. The van der Waals surface area contributed by atoms with Crippen molar-refractivity contribution >= 4 is 27.5 Å². The Hall–Kier alpha value is -2.94. The predicted octanol–water partition coefficient (Wildman–Crippen LogP) is 1.44. The van der Waals surface area contributed by atoms with Crippen LogP contribution in [-0.2, 0) is 19.6 Å². The van der Waals surface area contributed by atoms with E-state index < -0.39 is 21.8 Å². The van der Waals surface area contributed by atoms with Gasteiger partial charge in [-0.1, -0.05) is 18.2 Å². The van der Waals surface area contributed by atoms with Gasteiger partial charge in [-0.25, -0.2) is 18.1 Å². The highest BCUT2D eigenvalue weighted by atomic mass is 32.2. The molecule has 0 spiro atoms. The number of nitrogens with one attached hydrogen (secondary N) is 1. The first-order valence-electron chi connectivity index (χ1n) is 8.35. The Morgan fingerprint density at radius 3 is 2.78 bits per heavy atom. The van der Waals surface area contributed by atoms with Crippen molar-refractivity contribution in [1.29, 1.82) is 0 Å². The summed E-state index contributed by atoms with van der Waals surface area (Å²) >= 11 is 0. The molecule has 8 nitrogen and oxygen atoms in total. The maximum absolute atomic E-state index is 12.7. The number of pyridine rings is 1. The van der Waals surface area contributed by atoms with Gasteiger partial charge in [0.1, 0.15) is 4.90 Å². The van der Waals surface area contributed by atoms with E-state index in [-0.39, 0.29) is 29.7 Å². The number of sulfonamides is 1. The summed E-state index contributed by atoms with van der Waals surface area (Å²) in [5.74, 6) is -2.01. The van der Waals surface area contributed by atoms with Crippen LogP contribution in [-0.4, -0.2) is 38.9 Å². The van der Waals surface area contributed by atoms with Gasteiger partial charge in [-0.15, -0.1) is 0 Å². The van der Waals surface area contributed by atoms with Crippen LogP contribution < -0.4 is 14.4 Å². The fourth-order valence-corrected chi connectivity index (χ4v) is 4.08. The normalized spacial score (nSPS) is 16.6. The molecule has 0 fully saturated rings. The third-order valence-corrected chi connectivity index (χ3v) is 5.64. The van der Waals surface area contributed by atoms with E-state index in [0.29, 0.717) is 11.3 Å². The fourth-order valence-electron chi connectivity index (χ4n) is 2.96. The van der Waals surface area contributed by atoms with Gasteiger partial charge in [-0.3, -0.25) is 9.59 Å². The molecule has 1 aromatic carbocycles. The lowest BCUT2D eigenvalue weighted by Crippen LogP contribution is -2.41. The van der Waals surface area contributed by atoms with Gasteiger partial charge in [-0.05, 0) is 30.7 Å². The minimum atomic E-state index is -4.21. The van der Waals surface area contributed by atoms with Crippen molar-refractivity contribution in [3.63, 3.8) is 0 Å². The zero-order chi connectivity index (χ0) is 19.6. The standard InChI is InChI=1S/C18H19N3O5S/c1-3-26-18-15(9-6-10-19-18)27(24,25)20-17(23)13-11-16(22)21(2)14-8-5-4-7-12(13)14/h4-10,13H,3,11H2,1-2H3,(H,20,23). The highest BCUT2D eigenvalue weighted by Gasteiger charge is 2.36. The molecule has 142 valence electrons. The first-order valence-corrected chi connectivity index (χ1v) is 9.83. The molecule has 0 bridgehead atoms. The summed E-state index contributed by atoms with van der Waals surface area (Å²) in [6, 6.07) is 9.67. The minimum Gasteiger partial charge on any atom is -0.477 e. The number of carbonyl (C=O) groups is 2. The number of hydrogen-bond donors (Lipinski definition) is 1. The molecule has 0 saturated heterocycles. The molecule has 1 aliphatic rings. The first kappa shape index (κ1) is 18.8. The fraction of sp³-hybridized carbons (Fsp3) is 0.278. The number of carbonyl (C=O) groups excluding carboxylic acids is 2. The summed E-state index contributed by atoms with van der Waals surface area (Å²) in [7, 11) is -2.59. The van der Waals surface area contributed by atoms with Crippen molar-refractivity contribution in [2.45, 2.75) is 24.2 Å². The lowest BCUT2D eigenvalue weighted by atomic mass is 9.89. The van der Waals surface area contributed by atoms with Gasteiger partial charge in [0.05, 0.1) is 12.5 Å². The van der Waals surface area contributed by atoms with Gasteiger partial charge in [0.25, 0.3) is 10.0 Å². The second-order valence-corrected chi connectivity index (χ2v) is 7.63. The summed E-state index contributed by atoms with van der Waals surface area (Å²) in [4.78, 5) is 30.1. The van der Waals surface area contributed by atoms with Gasteiger partial charge < -0.3 is 9.64 Å². The SMILES string of the molecule is CCOc1ncccc1S(=O)(=O)NC(=O)C1CC(=O)N(C)c2ccccc21. The number of para-hydroxylation sites is 1. The molecule has 2 aromatic rings. The number of fused-ring (bicyclic) bond motifs is 1. The van der Waals surface area contributed by atoms with Crippen LogP contribution in [0.3, 0.4) is 0 Å². The van der Waals surface area contributed by atoms with E-state index in [1.165, 1.54) is 23.2 Å². The Morgan fingerprint density at radius 2 is 2.04 bits per heavy atom. The molecular weight excluding hydrogens is 370 g/mol. The highest BCUT2D eigenvalue weighted by molar-refractivity contribution is 7.90. The third kappa shape index (κ3) is 3.63. The highest BCUT2D eigenvalue weighted by Crippen LogP contribution is 2.35. The molecule has 1 aliphatic heterocycles. The molecule has 27 heavy (non-hydrogen) atoms. The average Bonchev–Trinajstić information content (AvgIpc) is 2.65. The van der Waals surface area contributed by atoms with Gasteiger partial charge >= 0.3 is 0 Å². The molecule has 2 amide bonds. The Balaban J connectivity index is 1.92. The van der Waals surface area contributed by atoms with Crippen LogP contribution >= 0.6 is 0 Å². The number of benzene rings is 1. The van der Waals surface area contributed by atoms with E-state index >= 15 is 0 Å². The smallest absolute Gasteiger partial charge is 0.269 e. The van der Waals surface area contributed by atoms with Crippen LogP contribution in [0, 0.1) is 0 Å². The molecule has 0 saturated carbocycles. The van der Waals surface area contributed by atoms with Crippen molar-refractivity contribution in [3.05, 3.63) is 48.2 Å². The summed E-state index contributed by atoms with van der Waals surface area (Å²) < 4.78 is 32.7. The quantitative estimate of drug-likeness (QED) is 0.829. The number of rotatable bonds is 5. The predicted molar refractivity (Wildman–Crippen MR) is 97.9 cm³/mol. The van der Waals surface area contributed by atoms with Crippen LogP contribution in [0.15, 0.2) is 47.5 Å². The van der Waals surface area contributed by atoms with E-state index in [1.54, 1.807) is 38.2 Å². The molecule has 0 aliphatic carbocycles. The molecule has 0 radical (unpaired) electrons. The maximum atomic E-state index is 12.7. The van der Waals surface area contributed by atoms with Crippen molar-refractivity contribution in [2.75, 3.05) is 18.6 Å². The van der Waals surface area contributed by atoms with E-state index in [4.69, 9.17) is 4.74 Å². The van der Waals surface area contributed by atoms with Gasteiger partial charge in [0.15, 0.2) is 0 Å². The molecule has 1 atom stereocenters. The zero-order valence-electron chi connectivity index (χ0n) is 14.9. The lowest BCUT2D eigenvalue weighted by molar-refractivity contribution is -0.126. The van der Waals surface area contributed by atoms with Crippen molar-refractivity contribution in [1.82, 2.24) is 9.71 Å². The van der Waals surface area contributed by atoms with Gasteiger partial charge in [0.2, 0.25) is 17.7 Å². The maximum Gasteiger partial charge on any atom is 0.269 e. The molecule has 2 heterocycles. The average molecular weight is 389 g/mol. The van der Waals surface area contributed by atoms with Crippen LogP contribution in [0.2, 0.25) is 0 Å². The Kier molecular flexibility index (Phi) is 5.13. The molecule has 1 N–H and O–H groups in total. The molecule has 1 aromatic heterocycles. The molecule has 3 rings (SSSR count). The van der Waals surface area contributed by atoms with Crippen molar-refractivity contribution in [3.8, 4) is 5.88 Å². The molecule has 9 heteroatoms. The second-order valence-electron chi connectivity index (χ2n) is 5.98. The largest absolute Gasteiger partial charge is 0.477 e. The zero-order valence-corrected chi connectivity index (χ0v) is 15.7. The summed E-state index contributed by atoms with van der Waals surface area (Å²) in [6.07, 6.45) is 1.29. The topological polar surface area (TPSA) is 106 Å². The lowest BCUT2D eigenvalue weighted by Gasteiger charge is -2.30. The third-order valence-electron chi connectivity index (χ3n) is 4.28.